The van der Waals surface area contributed by atoms with Crippen molar-refractivity contribution < 1.29 is 9.72 Å². The molecule has 0 saturated carbocycles. The number of amides is 1. The molecule has 2 rings (SSSR count). The topological polar surface area (TPSA) is 137 Å². The molecule has 2 aromatic rings. The van der Waals surface area contributed by atoms with Crippen molar-refractivity contribution in [2.75, 3.05) is 11.1 Å². The number of rotatable bonds is 4. The average Bonchev–Trinajstić information content (AvgIpc) is 2.42. The molecular formula is C12H10ClN5O3. The minimum atomic E-state index is -0.853. The number of halogens is 1. The van der Waals surface area contributed by atoms with E-state index in [0.29, 0.717) is 16.4 Å². The van der Waals surface area contributed by atoms with Gasteiger partial charge in [0.15, 0.2) is 0 Å². The van der Waals surface area contributed by atoms with Gasteiger partial charge in [-0.3, -0.25) is 14.9 Å². The van der Waals surface area contributed by atoms with E-state index in [1.807, 2.05) is 0 Å². The van der Waals surface area contributed by atoms with Crippen molar-refractivity contribution in [1.29, 1.82) is 0 Å². The van der Waals surface area contributed by atoms with E-state index in [0.717, 1.165) is 12.3 Å². The third-order valence-electron chi connectivity index (χ3n) is 2.59. The second kappa shape index (κ2) is 5.63. The van der Waals surface area contributed by atoms with Crippen molar-refractivity contribution >= 4 is 40.4 Å². The normalized spacial score (nSPS) is 10.1. The van der Waals surface area contributed by atoms with E-state index in [9.17, 15) is 14.9 Å². The second-order valence-corrected chi connectivity index (χ2v) is 4.48. The highest BCUT2D eigenvalue weighted by molar-refractivity contribution is 6.33. The summed E-state index contributed by atoms with van der Waals surface area (Å²) in [6, 6.07) is 5.74. The molecule has 0 aliphatic rings. The maximum atomic E-state index is 11.4. The predicted octanol–water partition coefficient (Wildman–Crippen LogP) is 2.07. The molecule has 0 fully saturated rings. The zero-order valence-corrected chi connectivity index (χ0v) is 11.3. The quantitative estimate of drug-likeness (QED) is 0.449. The largest absolute Gasteiger partial charge is 0.399 e. The van der Waals surface area contributed by atoms with Gasteiger partial charge in [-0.2, -0.15) is 0 Å². The third-order valence-corrected chi connectivity index (χ3v) is 2.92. The Morgan fingerprint density at radius 1 is 1.38 bits per heavy atom. The van der Waals surface area contributed by atoms with Crippen molar-refractivity contribution in [3.63, 3.8) is 0 Å². The first-order valence-corrected chi connectivity index (χ1v) is 6.02. The Bertz CT molecular complexity index is 735. The van der Waals surface area contributed by atoms with E-state index in [4.69, 9.17) is 23.1 Å². The number of hydrogen-bond acceptors (Lipinski definition) is 6. The van der Waals surface area contributed by atoms with Gasteiger partial charge in [-0.25, -0.2) is 4.98 Å². The van der Waals surface area contributed by atoms with E-state index in [1.165, 1.54) is 6.07 Å². The number of carbonyl (C=O) groups is 1. The van der Waals surface area contributed by atoms with Gasteiger partial charge in [-0.05, 0) is 18.2 Å². The molecule has 0 unspecified atom stereocenters. The molecule has 0 aliphatic heterocycles. The molecule has 1 heterocycles. The van der Waals surface area contributed by atoms with E-state index in [2.05, 4.69) is 10.3 Å². The summed E-state index contributed by atoms with van der Waals surface area (Å²) in [4.78, 5) is 25.3. The van der Waals surface area contributed by atoms with Gasteiger partial charge in [0.2, 0.25) is 0 Å². The van der Waals surface area contributed by atoms with Crippen molar-refractivity contribution in [2.24, 2.45) is 5.73 Å². The number of nitrogens with one attached hydrogen (secondary N) is 1. The maximum absolute atomic E-state index is 11.4. The summed E-state index contributed by atoms with van der Waals surface area (Å²) in [5.41, 5.74) is 11.2. The van der Waals surface area contributed by atoms with Crippen LogP contribution in [0.3, 0.4) is 0 Å². The van der Waals surface area contributed by atoms with Crippen LogP contribution in [0.1, 0.15) is 10.4 Å². The SMILES string of the molecule is NC(=O)c1cc([N+](=O)[O-])cnc1Nc1cc(N)ccc1Cl. The maximum Gasteiger partial charge on any atom is 0.288 e. The number of benzene rings is 1. The summed E-state index contributed by atoms with van der Waals surface area (Å²) in [6.07, 6.45) is 1.01. The van der Waals surface area contributed by atoms with Crippen LogP contribution in [0.25, 0.3) is 0 Å². The van der Waals surface area contributed by atoms with Crippen molar-refractivity contribution in [2.45, 2.75) is 0 Å². The lowest BCUT2D eigenvalue weighted by atomic mass is 10.2. The number of pyridine rings is 1. The number of primary amides is 1. The molecule has 21 heavy (non-hydrogen) atoms. The fourth-order valence-corrected chi connectivity index (χ4v) is 1.77. The van der Waals surface area contributed by atoms with Gasteiger partial charge in [-0.1, -0.05) is 11.6 Å². The Labute approximate surface area is 123 Å². The monoisotopic (exact) mass is 307 g/mol. The summed E-state index contributed by atoms with van der Waals surface area (Å²) in [6.45, 7) is 0. The van der Waals surface area contributed by atoms with Gasteiger partial charge in [-0.15, -0.1) is 0 Å². The van der Waals surface area contributed by atoms with Gasteiger partial charge in [0.25, 0.3) is 11.6 Å². The minimum absolute atomic E-state index is 0.0561. The van der Waals surface area contributed by atoms with Gasteiger partial charge in [0.1, 0.15) is 12.0 Å². The zero-order valence-electron chi connectivity index (χ0n) is 10.5. The van der Waals surface area contributed by atoms with E-state index < -0.39 is 10.8 Å². The molecule has 0 spiro atoms. The first-order chi connectivity index (χ1) is 9.88. The van der Waals surface area contributed by atoms with E-state index >= 15 is 0 Å². The fraction of sp³-hybridized carbons (Fsp3) is 0. The summed E-state index contributed by atoms with van der Waals surface area (Å²) in [5.74, 6) is -0.797. The molecule has 5 N–H and O–H groups in total. The smallest absolute Gasteiger partial charge is 0.288 e. The van der Waals surface area contributed by atoms with Gasteiger partial charge in [0.05, 0.1) is 21.2 Å². The number of nitro groups is 1. The highest BCUT2D eigenvalue weighted by Gasteiger charge is 2.17. The average molecular weight is 308 g/mol. The van der Waals surface area contributed by atoms with E-state index in [-0.39, 0.29) is 17.1 Å². The molecule has 1 amide bonds. The lowest BCUT2D eigenvalue weighted by molar-refractivity contribution is -0.385. The fourth-order valence-electron chi connectivity index (χ4n) is 1.61. The Morgan fingerprint density at radius 3 is 2.71 bits per heavy atom. The molecule has 1 aromatic heterocycles. The van der Waals surface area contributed by atoms with Crippen LogP contribution < -0.4 is 16.8 Å². The summed E-state index contributed by atoms with van der Waals surface area (Å²) in [7, 11) is 0. The predicted molar refractivity (Wildman–Crippen MR) is 78.6 cm³/mol. The van der Waals surface area contributed by atoms with Crippen LogP contribution in [0, 0.1) is 10.1 Å². The number of aromatic nitrogens is 1. The lowest BCUT2D eigenvalue weighted by Crippen LogP contribution is -2.15. The number of nitrogen functional groups attached to an aromatic ring is 1. The number of nitrogens with zero attached hydrogens (tertiary/aromatic N) is 2. The van der Waals surface area contributed by atoms with Crippen LogP contribution in [0.4, 0.5) is 22.9 Å². The first-order valence-electron chi connectivity index (χ1n) is 5.65. The molecule has 0 saturated heterocycles. The molecule has 0 atom stereocenters. The molecular weight excluding hydrogens is 298 g/mol. The molecule has 9 heteroatoms. The number of carbonyl (C=O) groups excluding carboxylic acids is 1. The molecule has 0 bridgehead atoms. The Morgan fingerprint density at radius 2 is 2.10 bits per heavy atom. The second-order valence-electron chi connectivity index (χ2n) is 4.08. The van der Waals surface area contributed by atoms with Crippen LogP contribution in [-0.2, 0) is 0 Å². The standard InChI is InChI=1S/C12H10ClN5O3/c13-9-2-1-6(14)3-10(9)17-12-8(11(15)19)4-7(5-16-12)18(20)21/h1-5H,14H2,(H2,15,19)(H,16,17). The Hall–Kier alpha value is -2.87. The number of hydrogen-bond donors (Lipinski definition) is 3. The molecule has 8 nitrogen and oxygen atoms in total. The van der Waals surface area contributed by atoms with Crippen LogP contribution >= 0.6 is 11.6 Å². The number of nitrogens with two attached hydrogens (primary N) is 2. The van der Waals surface area contributed by atoms with Gasteiger partial charge < -0.3 is 16.8 Å². The van der Waals surface area contributed by atoms with Gasteiger partial charge >= 0.3 is 0 Å². The van der Waals surface area contributed by atoms with Crippen LogP contribution in [-0.4, -0.2) is 15.8 Å². The Kier molecular flexibility index (Phi) is 3.90. The minimum Gasteiger partial charge on any atom is -0.399 e. The zero-order chi connectivity index (χ0) is 15.6. The Balaban J connectivity index is 2.46. The highest BCUT2D eigenvalue weighted by Crippen LogP contribution is 2.29. The van der Waals surface area contributed by atoms with Gasteiger partial charge in [0, 0.05) is 11.8 Å². The lowest BCUT2D eigenvalue weighted by Gasteiger charge is -2.10. The van der Waals surface area contributed by atoms with Crippen molar-refractivity contribution in [1.82, 2.24) is 4.98 Å². The molecule has 108 valence electrons. The first kappa shape index (κ1) is 14.5. The van der Waals surface area contributed by atoms with E-state index in [1.54, 1.807) is 12.1 Å². The summed E-state index contributed by atoms with van der Waals surface area (Å²) >= 11 is 5.99. The number of anilines is 3. The highest BCUT2D eigenvalue weighted by atomic mass is 35.5. The van der Waals surface area contributed by atoms with Crippen LogP contribution in [0.15, 0.2) is 30.5 Å². The summed E-state index contributed by atoms with van der Waals surface area (Å²) in [5, 5.41) is 13.8. The third kappa shape index (κ3) is 3.18. The molecule has 0 aliphatic carbocycles. The van der Waals surface area contributed by atoms with Crippen molar-refractivity contribution in [3.05, 3.63) is 51.2 Å². The summed E-state index contributed by atoms with van der Waals surface area (Å²) < 4.78 is 0. The molecule has 1 aromatic carbocycles. The van der Waals surface area contributed by atoms with Crippen LogP contribution in [0.2, 0.25) is 5.02 Å². The van der Waals surface area contributed by atoms with Crippen molar-refractivity contribution in [3.8, 4) is 0 Å². The van der Waals surface area contributed by atoms with Crippen LogP contribution in [0.5, 0.6) is 0 Å². The molecule has 0 radical (unpaired) electrons.